The number of rotatable bonds is 1. The topological polar surface area (TPSA) is 21.6 Å². The lowest BCUT2D eigenvalue weighted by Crippen LogP contribution is -2.08. The summed E-state index contributed by atoms with van der Waals surface area (Å²) in [5.41, 5.74) is -0.382. The normalized spacial score (nSPS) is 15.9. The predicted octanol–water partition coefficient (Wildman–Crippen LogP) is 3.14. The van der Waals surface area contributed by atoms with Crippen LogP contribution in [0.3, 0.4) is 0 Å². The number of nitrogens with zero attached hydrogens (tertiary/aromatic N) is 1. The van der Waals surface area contributed by atoms with Gasteiger partial charge >= 0.3 is 6.18 Å². The molecule has 0 saturated carbocycles. The summed E-state index contributed by atoms with van der Waals surface area (Å²) in [7, 11) is 0. The summed E-state index contributed by atoms with van der Waals surface area (Å²) in [5, 5.41) is -0.344. The Hall–Kier alpha value is -1.23. The van der Waals surface area contributed by atoms with Crippen LogP contribution in [0.2, 0.25) is 5.02 Å². The van der Waals surface area contributed by atoms with Crippen LogP contribution in [-0.4, -0.2) is 19.0 Å². The lowest BCUT2D eigenvalue weighted by molar-refractivity contribution is -0.137. The largest absolute Gasteiger partial charge is 0.476 e. The Balaban J connectivity index is 2.36. The Bertz CT molecular complexity index is 442. The van der Waals surface area contributed by atoms with Crippen LogP contribution < -0.4 is 0 Å². The van der Waals surface area contributed by atoms with E-state index in [2.05, 4.69) is 4.99 Å². The first kappa shape index (κ1) is 11.3. The molecule has 0 fully saturated rings. The van der Waals surface area contributed by atoms with Gasteiger partial charge in [0.2, 0.25) is 5.90 Å². The number of hydrogen-bond acceptors (Lipinski definition) is 2. The molecule has 16 heavy (non-hydrogen) atoms. The maximum atomic E-state index is 12.4. The second kappa shape index (κ2) is 3.97. The SMILES string of the molecule is FC(F)(F)c1ccc(C2=NCCO2)cc1Cl. The van der Waals surface area contributed by atoms with E-state index in [0.717, 1.165) is 6.07 Å². The molecule has 0 atom stereocenters. The molecule has 0 saturated heterocycles. The third-order valence-electron chi connectivity index (χ3n) is 2.11. The van der Waals surface area contributed by atoms with Gasteiger partial charge in [-0.3, -0.25) is 0 Å². The molecule has 1 aliphatic heterocycles. The average Bonchev–Trinajstić information content (AvgIpc) is 2.68. The minimum atomic E-state index is -4.44. The zero-order valence-corrected chi connectivity index (χ0v) is 8.77. The van der Waals surface area contributed by atoms with Crippen LogP contribution in [0.25, 0.3) is 0 Å². The third-order valence-corrected chi connectivity index (χ3v) is 2.42. The molecule has 0 spiro atoms. The minimum Gasteiger partial charge on any atom is -0.476 e. The first-order chi connectivity index (χ1) is 7.48. The summed E-state index contributed by atoms with van der Waals surface area (Å²) < 4.78 is 42.4. The summed E-state index contributed by atoms with van der Waals surface area (Å²) >= 11 is 5.56. The molecule has 0 radical (unpaired) electrons. The minimum absolute atomic E-state index is 0.343. The summed E-state index contributed by atoms with van der Waals surface area (Å²) in [6.07, 6.45) is -4.44. The molecule has 0 bridgehead atoms. The van der Waals surface area contributed by atoms with E-state index in [0.29, 0.717) is 24.6 Å². The quantitative estimate of drug-likeness (QED) is 0.749. The number of benzene rings is 1. The van der Waals surface area contributed by atoms with Crippen molar-refractivity contribution in [1.29, 1.82) is 0 Å². The zero-order chi connectivity index (χ0) is 11.8. The van der Waals surface area contributed by atoms with Crippen molar-refractivity contribution in [1.82, 2.24) is 0 Å². The van der Waals surface area contributed by atoms with Crippen molar-refractivity contribution in [2.24, 2.45) is 4.99 Å². The molecule has 2 rings (SSSR count). The highest BCUT2D eigenvalue weighted by Gasteiger charge is 2.33. The van der Waals surface area contributed by atoms with Gasteiger partial charge in [0, 0.05) is 5.56 Å². The monoisotopic (exact) mass is 249 g/mol. The second-order valence-electron chi connectivity index (χ2n) is 3.23. The molecular weight excluding hydrogens is 243 g/mol. The van der Waals surface area contributed by atoms with Crippen molar-refractivity contribution in [2.75, 3.05) is 13.2 Å². The molecule has 1 heterocycles. The van der Waals surface area contributed by atoms with E-state index in [-0.39, 0.29) is 5.02 Å². The molecule has 0 amide bonds. The summed E-state index contributed by atoms with van der Waals surface area (Å²) in [4.78, 5) is 3.99. The maximum absolute atomic E-state index is 12.4. The standard InChI is InChI=1S/C10H7ClF3NO/c11-8-5-6(9-15-3-4-16-9)1-2-7(8)10(12,13)14/h1-2,5H,3-4H2. The van der Waals surface area contributed by atoms with Crippen LogP contribution in [0.4, 0.5) is 13.2 Å². The van der Waals surface area contributed by atoms with Gasteiger partial charge in [-0.05, 0) is 18.2 Å². The van der Waals surface area contributed by atoms with E-state index >= 15 is 0 Å². The second-order valence-corrected chi connectivity index (χ2v) is 3.63. The Morgan fingerprint density at radius 3 is 2.56 bits per heavy atom. The number of aliphatic imine (C=N–C) groups is 1. The Kier molecular flexibility index (Phi) is 2.80. The van der Waals surface area contributed by atoms with Crippen molar-refractivity contribution in [2.45, 2.75) is 6.18 Å². The van der Waals surface area contributed by atoms with Gasteiger partial charge in [-0.25, -0.2) is 4.99 Å². The van der Waals surface area contributed by atoms with Crippen LogP contribution in [0.5, 0.6) is 0 Å². The highest BCUT2D eigenvalue weighted by molar-refractivity contribution is 6.31. The number of halogens is 4. The molecule has 1 aromatic rings. The fraction of sp³-hybridized carbons (Fsp3) is 0.300. The van der Waals surface area contributed by atoms with Gasteiger partial charge in [-0.1, -0.05) is 11.6 Å². The molecule has 2 nitrogen and oxygen atoms in total. The van der Waals surface area contributed by atoms with E-state index in [9.17, 15) is 13.2 Å². The van der Waals surface area contributed by atoms with E-state index in [1.165, 1.54) is 12.1 Å². The van der Waals surface area contributed by atoms with Gasteiger partial charge in [0.15, 0.2) is 0 Å². The van der Waals surface area contributed by atoms with Crippen molar-refractivity contribution in [3.63, 3.8) is 0 Å². The maximum Gasteiger partial charge on any atom is 0.417 e. The van der Waals surface area contributed by atoms with Crippen LogP contribution in [-0.2, 0) is 10.9 Å². The average molecular weight is 250 g/mol. The van der Waals surface area contributed by atoms with Crippen LogP contribution in [0, 0.1) is 0 Å². The summed E-state index contributed by atoms with van der Waals surface area (Å²) in [6, 6.07) is 3.45. The van der Waals surface area contributed by atoms with E-state index in [4.69, 9.17) is 16.3 Å². The fourth-order valence-electron chi connectivity index (χ4n) is 1.39. The Labute approximate surface area is 94.7 Å². The lowest BCUT2D eigenvalue weighted by atomic mass is 10.1. The highest BCUT2D eigenvalue weighted by atomic mass is 35.5. The van der Waals surface area contributed by atoms with Gasteiger partial charge in [0.25, 0.3) is 0 Å². The smallest absolute Gasteiger partial charge is 0.417 e. The van der Waals surface area contributed by atoms with Crippen LogP contribution >= 0.6 is 11.6 Å². The first-order valence-electron chi connectivity index (χ1n) is 4.53. The molecule has 0 aromatic heterocycles. The lowest BCUT2D eigenvalue weighted by Gasteiger charge is -2.10. The van der Waals surface area contributed by atoms with Crippen LogP contribution in [0.1, 0.15) is 11.1 Å². The predicted molar refractivity (Wildman–Crippen MR) is 53.8 cm³/mol. The molecule has 1 aliphatic rings. The van der Waals surface area contributed by atoms with Crippen molar-refractivity contribution >= 4 is 17.5 Å². The number of alkyl halides is 3. The summed E-state index contributed by atoms with van der Waals surface area (Å²) in [6.45, 7) is 0.974. The Morgan fingerprint density at radius 1 is 1.31 bits per heavy atom. The molecule has 86 valence electrons. The first-order valence-corrected chi connectivity index (χ1v) is 4.90. The number of hydrogen-bond donors (Lipinski definition) is 0. The van der Waals surface area contributed by atoms with Crippen molar-refractivity contribution in [3.8, 4) is 0 Å². The molecular formula is C10H7ClF3NO. The van der Waals surface area contributed by atoms with Crippen LogP contribution in [0.15, 0.2) is 23.2 Å². The van der Waals surface area contributed by atoms with Gasteiger partial charge in [0.05, 0.1) is 17.1 Å². The summed E-state index contributed by atoms with van der Waals surface area (Å²) in [5.74, 6) is 0.343. The highest BCUT2D eigenvalue weighted by Crippen LogP contribution is 2.35. The Morgan fingerprint density at radius 2 is 2.06 bits per heavy atom. The molecule has 1 aromatic carbocycles. The van der Waals surface area contributed by atoms with E-state index in [1.54, 1.807) is 0 Å². The van der Waals surface area contributed by atoms with E-state index < -0.39 is 11.7 Å². The van der Waals surface area contributed by atoms with Gasteiger partial charge in [-0.2, -0.15) is 13.2 Å². The fourth-order valence-corrected chi connectivity index (χ4v) is 1.68. The zero-order valence-electron chi connectivity index (χ0n) is 8.01. The molecule has 0 N–H and O–H groups in total. The van der Waals surface area contributed by atoms with Gasteiger partial charge in [-0.15, -0.1) is 0 Å². The molecule has 6 heteroatoms. The van der Waals surface area contributed by atoms with E-state index in [1.807, 2.05) is 0 Å². The molecule has 0 aliphatic carbocycles. The molecule has 0 unspecified atom stereocenters. The number of ether oxygens (including phenoxy) is 1. The van der Waals surface area contributed by atoms with Crippen molar-refractivity contribution < 1.29 is 17.9 Å². The van der Waals surface area contributed by atoms with Crippen molar-refractivity contribution in [3.05, 3.63) is 34.3 Å². The van der Waals surface area contributed by atoms with Gasteiger partial charge in [0.1, 0.15) is 6.61 Å². The van der Waals surface area contributed by atoms with Gasteiger partial charge < -0.3 is 4.74 Å². The third kappa shape index (κ3) is 2.14.